The molecule has 0 amide bonds. The number of aliphatic hydroxyl groups is 1. The minimum Gasteiger partial charge on any atom is -0.493 e. The lowest BCUT2D eigenvalue weighted by molar-refractivity contribution is 0.196. The van der Waals surface area contributed by atoms with Gasteiger partial charge in [0.15, 0.2) is 11.5 Å². The van der Waals surface area contributed by atoms with Gasteiger partial charge in [0, 0.05) is 18.3 Å². The fourth-order valence-electron chi connectivity index (χ4n) is 2.36. The second-order valence-electron chi connectivity index (χ2n) is 4.97. The van der Waals surface area contributed by atoms with Crippen LogP contribution in [0.3, 0.4) is 0 Å². The molecule has 1 unspecified atom stereocenters. The summed E-state index contributed by atoms with van der Waals surface area (Å²) in [5, 5.41) is 12.3. The van der Waals surface area contributed by atoms with Crippen molar-refractivity contribution in [3.8, 4) is 11.5 Å². The molecule has 0 aliphatic heterocycles. The molecule has 2 N–H and O–H groups in total. The van der Waals surface area contributed by atoms with Gasteiger partial charge in [0.2, 0.25) is 0 Å². The molecule has 1 aromatic rings. The van der Waals surface area contributed by atoms with E-state index in [2.05, 4.69) is 17.5 Å². The fourth-order valence-corrected chi connectivity index (χ4v) is 2.36. The van der Waals surface area contributed by atoms with E-state index in [4.69, 9.17) is 14.6 Å². The number of benzene rings is 1. The lowest BCUT2D eigenvalue weighted by atomic mass is 9.94. The van der Waals surface area contributed by atoms with Crippen LogP contribution in [0.25, 0.3) is 0 Å². The molecular weight excluding hydrogens is 254 g/mol. The minimum atomic E-state index is -0.00474. The lowest BCUT2D eigenvalue weighted by Gasteiger charge is -2.19. The second kappa shape index (κ2) is 7.80. The Balaban J connectivity index is 1.95. The lowest BCUT2D eigenvalue weighted by Crippen LogP contribution is -2.15. The third-order valence-electron chi connectivity index (χ3n) is 3.49. The summed E-state index contributed by atoms with van der Waals surface area (Å²) in [7, 11) is 1.61. The maximum atomic E-state index is 8.85. The Kier molecular flexibility index (Phi) is 5.74. The molecule has 20 heavy (non-hydrogen) atoms. The van der Waals surface area contributed by atoms with Crippen molar-refractivity contribution in [3.63, 3.8) is 0 Å². The zero-order valence-electron chi connectivity index (χ0n) is 12.0. The van der Waals surface area contributed by atoms with Gasteiger partial charge >= 0.3 is 0 Å². The summed E-state index contributed by atoms with van der Waals surface area (Å²) in [5.74, 6) is 2.05. The van der Waals surface area contributed by atoms with E-state index in [0.717, 1.165) is 18.7 Å². The van der Waals surface area contributed by atoms with E-state index < -0.39 is 0 Å². The molecule has 1 aliphatic carbocycles. The van der Waals surface area contributed by atoms with Crippen LogP contribution in [0.2, 0.25) is 0 Å². The monoisotopic (exact) mass is 277 g/mol. The van der Waals surface area contributed by atoms with Crippen LogP contribution in [0.1, 0.15) is 19.3 Å². The summed E-state index contributed by atoms with van der Waals surface area (Å²) in [6, 6.07) is 5.80. The van der Waals surface area contributed by atoms with Crippen LogP contribution in [0.5, 0.6) is 11.5 Å². The summed E-state index contributed by atoms with van der Waals surface area (Å²) < 4.78 is 10.7. The van der Waals surface area contributed by atoms with Gasteiger partial charge in [0.05, 0.1) is 13.7 Å². The van der Waals surface area contributed by atoms with E-state index >= 15 is 0 Å². The number of allylic oxidation sites excluding steroid dienone is 2. The van der Waals surface area contributed by atoms with Crippen molar-refractivity contribution >= 4 is 5.69 Å². The number of hydrogen-bond donors (Lipinski definition) is 2. The van der Waals surface area contributed by atoms with Crippen LogP contribution in [0.4, 0.5) is 5.69 Å². The van der Waals surface area contributed by atoms with Crippen LogP contribution in [0, 0.1) is 5.92 Å². The fraction of sp³-hybridized carbons (Fsp3) is 0.500. The van der Waals surface area contributed by atoms with E-state index in [0.29, 0.717) is 17.4 Å². The molecule has 0 saturated heterocycles. The number of rotatable bonds is 7. The molecule has 0 aromatic heterocycles. The molecule has 0 fully saturated rings. The standard InChI is InChI=1S/C16H23NO3/c1-19-15-8-7-14(11-16(15)20-10-9-18)17-12-13-5-3-2-4-6-13/h2-3,7-8,11,13,17-18H,4-6,9-10,12H2,1H3. The van der Waals surface area contributed by atoms with Crippen molar-refractivity contribution < 1.29 is 14.6 Å². The van der Waals surface area contributed by atoms with Crippen LogP contribution in [-0.4, -0.2) is 32.0 Å². The van der Waals surface area contributed by atoms with Crippen LogP contribution >= 0.6 is 0 Å². The van der Waals surface area contributed by atoms with Gasteiger partial charge in [-0.05, 0) is 37.3 Å². The third kappa shape index (κ3) is 4.17. The molecule has 0 radical (unpaired) electrons. The largest absolute Gasteiger partial charge is 0.493 e. The smallest absolute Gasteiger partial charge is 0.163 e. The van der Waals surface area contributed by atoms with Crippen molar-refractivity contribution in [3.05, 3.63) is 30.4 Å². The second-order valence-corrected chi connectivity index (χ2v) is 4.97. The maximum absolute atomic E-state index is 8.85. The van der Waals surface area contributed by atoms with Gasteiger partial charge < -0.3 is 19.9 Å². The molecule has 0 saturated carbocycles. The van der Waals surface area contributed by atoms with Crippen molar-refractivity contribution in [1.82, 2.24) is 0 Å². The molecule has 0 bridgehead atoms. The minimum absolute atomic E-state index is 0.00474. The van der Waals surface area contributed by atoms with Gasteiger partial charge in [-0.2, -0.15) is 0 Å². The molecular formula is C16H23NO3. The molecule has 1 aliphatic rings. The van der Waals surface area contributed by atoms with E-state index in [1.54, 1.807) is 7.11 Å². The average molecular weight is 277 g/mol. The maximum Gasteiger partial charge on any atom is 0.163 e. The van der Waals surface area contributed by atoms with Gasteiger partial charge in [-0.1, -0.05) is 12.2 Å². The molecule has 2 rings (SSSR count). The number of nitrogens with one attached hydrogen (secondary N) is 1. The van der Waals surface area contributed by atoms with Gasteiger partial charge in [0.25, 0.3) is 0 Å². The van der Waals surface area contributed by atoms with E-state index in [1.165, 1.54) is 12.8 Å². The first-order valence-electron chi connectivity index (χ1n) is 7.14. The number of hydrogen-bond acceptors (Lipinski definition) is 4. The molecule has 1 aromatic carbocycles. The predicted molar refractivity (Wildman–Crippen MR) is 80.5 cm³/mol. The zero-order chi connectivity index (χ0) is 14.2. The number of anilines is 1. The van der Waals surface area contributed by atoms with E-state index in [-0.39, 0.29) is 13.2 Å². The highest BCUT2D eigenvalue weighted by Gasteiger charge is 2.10. The zero-order valence-corrected chi connectivity index (χ0v) is 12.0. The Bertz CT molecular complexity index is 445. The van der Waals surface area contributed by atoms with Gasteiger partial charge in [-0.15, -0.1) is 0 Å². The summed E-state index contributed by atoms with van der Waals surface area (Å²) in [6.07, 6.45) is 8.09. The van der Waals surface area contributed by atoms with Crippen LogP contribution < -0.4 is 14.8 Å². The summed E-state index contributed by atoms with van der Waals surface area (Å²) in [4.78, 5) is 0. The summed E-state index contributed by atoms with van der Waals surface area (Å²) in [6.45, 7) is 1.23. The highest BCUT2D eigenvalue weighted by molar-refractivity contribution is 5.54. The Morgan fingerprint density at radius 2 is 2.20 bits per heavy atom. The normalized spacial score (nSPS) is 17.8. The topological polar surface area (TPSA) is 50.7 Å². The first-order chi connectivity index (χ1) is 9.83. The van der Waals surface area contributed by atoms with Gasteiger partial charge in [-0.3, -0.25) is 0 Å². The number of aliphatic hydroxyl groups excluding tert-OH is 1. The van der Waals surface area contributed by atoms with Gasteiger partial charge in [0.1, 0.15) is 6.61 Å². The van der Waals surface area contributed by atoms with Crippen molar-refractivity contribution in [2.45, 2.75) is 19.3 Å². The van der Waals surface area contributed by atoms with E-state index in [1.807, 2.05) is 18.2 Å². The number of methoxy groups -OCH3 is 1. The first-order valence-corrected chi connectivity index (χ1v) is 7.14. The molecule has 110 valence electrons. The predicted octanol–water partition coefficient (Wildman–Crippen LogP) is 2.83. The van der Waals surface area contributed by atoms with Gasteiger partial charge in [-0.25, -0.2) is 0 Å². The summed E-state index contributed by atoms with van der Waals surface area (Å²) >= 11 is 0. The van der Waals surface area contributed by atoms with Crippen LogP contribution in [-0.2, 0) is 0 Å². The molecule has 4 heteroatoms. The van der Waals surface area contributed by atoms with Crippen molar-refractivity contribution in [2.24, 2.45) is 5.92 Å². The Morgan fingerprint density at radius 1 is 1.30 bits per heavy atom. The summed E-state index contributed by atoms with van der Waals surface area (Å²) in [5.41, 5.74) is 1.02. The highest BCUT2D eigenvalue weighted by atomic mass is 16.5. The van der Waals surface area contributed by atoms with Crippen molar-refractivity contribution in [1.29, 1.82) is 0 Å². The Morgan fingerprint density at radius 3 is 2.90 bits per heavy atom. The Hall–Kier alpha value is -1.68. The molecule has 0 heterocycles. The van der Waals surface area contributed by atoms with E-state index in [9.17, 15) is 0 Å². The molecule has 0 spiro atoms. The molecule has 1 atom stereocenters. The Labute approximate surface area is 120 Å². The number of ether oxygens (including phenoxy) is 2. The molecule has 4 nitrogen and oxygen atoms in total. The third-order valence-corrected chi connectivity index (χ3v) is 3.49. The average Bonchev–Trinajstić information content (AvgIpc) is 2.52. The first kappa shape index (κ1) is 14.7. The van der Waals surface area contributed by atoms with Crippen LogP contribution in [0.15, 0.2) is 30.4 Å². The van der Waals surface area contributed by atoms with Crippen molar-refractivity contribution in [2.75, 3.05) is 32.2 Å². The SMILES string of the molecule is COc1ccc(NCC2CC=CCC2)cc1OCCO. The highest BCUT2D eigenvalue weighted by Crippen LogP contribution is 2.30. The quantitative estimate of drug-likeness (QED) is 0.752.